The van der Waals surface area contributed by atoms with Crippen LogP contribution in [0.4, 0.5) is 0 Å². The van der Waals surface area contributed by atoms with E-state index >= 15 is 0 Å². The Labute approximate surface area is 135 Å². The minimum Gasteiger partial charge on any atom is -0.478 e. The molecule has 1 aromatic carbocycles. The molecule has 10 nitrogen and oxygen atoms in total. The average Bonchev–Trinajstić information content (AvgIpc) is 2.49. The number of hydrogen-bond donors (Lipinski definition) is 4. The molecule has 1 rings (SSSR count). The van der Waals surface area contributed by atoms with Gasteiger partial charge in [-0.3, -0.25) is 14.4 Å². The summed E-state index contributed by atoms with van der Waals surface area (Å²) in [6, 6.07) is 1.49. The van der Waals surface area contributed by atoms with Gasteiger partial charge in [0.1, 0.15) is 6.61 Å². The normalized spacial score (nSPS) is 9.88. The SMILES string of the molecule is CC(=O)OCCNC(=O)c1cc(C(N)=O)c(C(=O)O)cc1C(=O)O. The van der Waals surface area contributed by atoms with Gasteiger partial charge in [-0.1, -0.05) is 0 Å². The zero-order valence-corrected chi connectivity index (χ0v) is 12.5. The number of carboxylic acids is 2. The monoisotopic (exact) mass is 338 g/mol. The Morgan fingerprint density at radius 2 is 1.50 bits per heavy atom. The van der Waals surface area contributed by atoms with Crippen LogP contribution in [0, 0.1) is 0 Å². The first-order valence-electron chi connectivity index (χ1n) is 6.51. The van der Waals surface area contributed by atoms with Gasteiger partial charge in [0.25, 0.3) is 5.91 Å². The lowest BCUT2D eigenvalue weighted by atomic mass is 9.97. The Kier molecular flexibility index (Phi) is 5.99. The number of primary amides is 1. The van der Waals surface area contributed by atoms with Gasteiger partial charge in [-0.25, -0.2) is 9.59 Å². The van der Waals surface area contributed by atoms with Gasteiger partial charge in [-0.15, -0.1) is 0 Å². The molecule has 5 N–H and O–H groups in total. The highest BCUT2D eigenvalue weighted by Crippen LogP contribution is 2.18. The zero-order valence-electron chi connectivity index (χ0n) is 12.5. The van der Waals surface area contributed by atoms with Crippen molar-refractivity contribution in [2.75, 3.05) is 13.2 Å². The van der Waals surface area contributed by atoms with E-state index < -0.39 is 52.0 Å². The number of carbonyl (C=O) groups excluding carboxylic acids is 3. The van der Waals surface area contributed by atoms with Gasteiger partial charge < -0.3 is 26.0 Å². The molecule has 0 aliphatic heterocycles. The van der Waals surface area contributed by atoms with E-state index in [-0.39, 0.29) is 13.2 Å². The summed E-state index contributed by atoms with van der Waals surface area (Å²) in [4.78, 5) is 56.3. The van der Waals surface area contributed by atoms with Gasteiger partial charge in [0, 0.05) is 6.92 Å². The molecule has 24 heavy (non-hydrogen) atoms. The van der Waals surface area contributed by atoms with Gasteiger partial charge in [-0.05, 0) is 12.1 Å². The molecular formula is C14H14N2O8. The van der Waals surface area contributed by atoms with Crippen LogP contribution in [-0.2, 0) is 9.53 Å². The minimum atomic E-state index is -1.56. The molecule has 0 atom stereocenters. The van der Waals surface area contributed by atoms with Crippen molar-refractivity contribution in [1.29, 1.82) is 0 Å². The summed E-state index contributed by atoms with van der Waals surface area (Å²) in [6.07, 6.45) is 0. The maximum atomic E-state index is 12.1. The lowest BCUT2D eigenvalue weighted by Crippen LogP contribution is -2.30. The average molecular weight is 338 g/mol. The molecule has 2 amide bonds. The number of ether oxygens (including phenoxy) is 1. The highest BCUT2D eigenvalue weighted by Gasteiger charge is 2.24. The van der Waals surface area contributed by atoms with Crippen molar-refractivity contribution in [3.05, 3.63) is 34.4 Å². The number of aromatic carboxylic acids is 2. The molecule has 0 bridgehead atoms. The fourth-order valence-corrected chi connectivity index (χ4v) is 1.80. The molecule has 0 saturated carbocycles. The molecule has 128 valence electrons. The van der Waals surface area contributed by atoms with E-state index in [1.165, 1.54) is 6.92 Å². The van der Waals surface area contributed by atoms with Crippen LogP contribution in [0.5, 0.6) is 0 Å². The molecular weight excluding hydrogens is 324 g/mol. The molecule has 10 heteroatoms. The third-order valence-corrected chi connectivity index (χ3v) is 2.82. The Morgan fingerprint density at radius 1 is 1.00 bits per heavy atom. The summed E-state index contributed by atoms with van der Waals surface area (Å²) < 4.78 is 4.60. The van der Waals surface area contributed by atoms with Crippen molar-refractivity contribution in [2.24, 2.45) is 5.73 Å². The van der Waals surface area contributed by atoms with Crippen LogP contribution >= 0.6 is 0 Å². The largest absolute Gasteiger partial charge is 0.478 e. The summed E-state index contributed by atoms with van der Waals surface area (Å²) >= 11 is 0. The van der Waals surface area contributed by atoms with Gasteiger partial charge in [0.05, 0.1) is 28.8 Å². The van der Waals surface area contributed by atoms with E-state index in [0.29, 0.717) is 6.07 Å². The van der Waals surface area contributed by atoms with E-state index in [1.807, 2.05) is 0 Å². The molecule has 0 unspecified atom stereocenters. The first-order chi connectivity index (χ1) is 11.1. The van der Waals surface area contributed by atoms with E-state index in [2.05, 4.69) is 10.1 Å². The first-order valence-corrected chi connectivity index (χ1v) is 6.51. The van der Waals surface area contributed by atoms with E-state index in [0.717, 1.165) is 6.07 Å². The van der Waals surface area contributed by atoms with Crippen LogP contribution in [0.1, 0.15) is 48.4 Å². The highest BCUT2D eigenvalue weighted by molar-refractivity contribution is 6.11. The van der Waals surface area contributed by atoms with Gasteiger partial charge in [0.15, 0.2) is 0 Å². The second-order valence-corrected chi connectivity index (χ2v) is 4.51. The molecule has 0 fully saturated rings. The zero-order chi connectivity index (χ0) is 18.4. The second kappa shape index (κ2) is 7.72. The lowest BCUT2D eigenvalue weighted by Gasteiger charge is -2.11. The topological polar surface area (TPSA) is 173 Å². The number of hydrogen-bond acceptors (Lipinski definition) is 6. The molecule has 0 radical (unpaired) electrons. The number of rotatable bonds is 7. The van der Waals surface area contributed by atoms with Crippen molar-refractivity contribution < 1.29 is 38.9 Å². The molecule has 0 saturated heterocycles. The van der Waals surface area contributed by atoms with Crippen LogP contribution in [0.3, 0.4) is 0 Å². The lowest BCUT2D eigenvalue weighted by molar-refractivity contribution is -0.140. The van der Waals surface area contributed by atoms with Crippen molar-refractivity contribution in [3.63, 3.8) is 0 Å². The van der Waals surface area contributed by atoms with Crippen LogP contribution in [0.25, 0.3) is 0 Å². The van der Waals surface area contributed by atoms with Crippen LogP contribution in [0.2, 0.25) is 0 Å². The van der Waals surface area contributed by atoms with Crippen molar-refractivity contribution >= 4 is 29.7 Å². The van der Waals surface area contributed by atoms with E-state index in [1.54, 1.807) is 0 Å². The molecule has 0 aromatic heterocycles. The Bertz CT molecular complexity index is 726. The predicted octanol–water partition coefficient (Wildman–Crippen LogP) is -0.525. The maximum absolute atomic E-state index is 12.1. The maximum Gasteiger partial charge on any atom is 0.336 e. The van der Waals surface area contributed by atoms with Gasteiger partial charge >= 0.3 is 17.9 Å². The quantitative estimate of drug-likeness (QED) is 0.379. The fraction of sp³-hybridized carbons (Fsp3) is 0.214. The smallest absolute Gasteiger partial charge is 0.336 e. The predicted molar refractivity (Wildman–Crippen MR) is 77.8 cm³/mol. The third kappa shape index (κ3) is 4.53. The number of carbonyl (C=O) groups is 5. The summed E-state index contributed by atoms with van der Waals surface area (Å²) in [5, 5.41) is 20.4. The highest BCUT2D eigenvalue weighted by atomic mass is 16.5. The summed E-state index contributed by atoms with van der Waals surface area (Å²) in [7, 11) is 0. The van der Waals surface area contributed by atoms with Crippen LogP contribution in [0.15, 0.2) is 12.1 Å². The molecule has 0 spiro atoms. The molecule has 0 heterocycles. The van der Waals surface area contributed by atoms with Crippen molar-refractivity contribution in [2.45, 2.75) is 6.92 Å². The van der Waals surface area contributed by atoms with Crippen molar-refractivity contribution in [1.82, 2.24) is 5.32 Å². The van der Waals surface area contributed by atoms with Gasteiger partial charge in [-0.2, -0.15) is 0 Å². The van der Waals surface area contributed by atoms with Gasteiger partial charge in [0.2, 0.25) is 5.91 Å². The van der Waals surface area contributed by atoms with E-state index in [4.69, 9.17) is 15.9 Å². The third-order valence-electron chi connectivity index (χ3n) is 2.82. The fourth-order valence-electron chi connectivity index (χ4n) is 1.80. The van der Waals surface area contributed by atoms with Crippen LogP contribution < -0.4 is 11.1 Å². The number of benzene rings is 1. The molecule has 0 aliphatic rings. The molecule has 0 aliphatic carbocycles. The van der Waals surface area contributed by atoms with Crippen molar-refractivity contribution in [3.8, 4) is 0 Å². The number of nitrogens with two attached hydrogens (primary N) is 1. The Balaban J connectivity index is 3.20. The number of amides is 2. The first kappa shape index (κ1) is 18.6. The number of nitrogens with one attached hydrogen (secondary N) is 1. The van der Waals surface area contributed by atoms with E-state index in [9.17, 15) is 24.0 Å². The standard InChI is InChI=1S/C14H14N2O8/c1-6(17)24-3-2-16-12(19)8-4-7(11(15)18)9(13(20)21)5-10(8)14(22)23/h4-5H,2-3H2,1H3,(H2,15,18)(H,16,19)(H,20,21)(H,22,23). The summed E-state index contributed by atoms with van der Waals surface area (Å²) in [5.41, 5.74) is 2.88. The number of carboxylic acid groups (broad SMARTS) is 2. The Morgan fingerprint density at radius 3 is 1.96 bits per heavy atom. The minimum absolute atomic E-state index is 0.107. The number of esters is 1. The summed E-state index contributed by atoms with van der Waals surface area (Å²) in [6.45, 7) is 0.928. The van der Waals surface area contributed by atoms with Crippen LogP contribution in [-0.4, -0.2) is 53.1 Å². The Hall–Kier alpha value is -3.43. The second-order valence-electron chi connectivity index (χ2n) is 4.51. The summed E-state index contributed by atoms with van der Waals surface area (Å²) in [5.74, 6) is -5.69. The molecule has 1 aromatic rings.